The fourth-order valence-electron chi connectivity index (χ4n) is 3.75. The van der Waals surface area contributed by atoms with E-state index in [2.05, 4.69) is 30.1 Å². The molecule has 0 saturated carbocycles. The molecule has 26 heavy (non-hydrogen) atoms. The summed E-state index contributed by atoms with van der Waals surface area (Å²) in [5.41, 5.74) is 1.23. The van der Waals surface area contributed by atoms with E-state index >= 15 is 0 Å². The molecule has 2 unspecified atom stereocenters. The van der Waals surface area contributed by atoms with Gasteiger partial charge in [-0.05, 0) is 37.0 Å². The Morgan fingerprint density at radius 2 is 1.92 bits per heavy atom. The van der Waals surface area contributed by atoms with Crippen LogP contribution in [0, 0.1) is 0 Å². The van der Waals surface area contributed by atoms with Crippen LogP contribution in [0.2, 0.25) is 0 Å². The molecule has 2 aliphatic heterocycles. The minimum absolute atomic E-state index is 0. The van der Waals surface area contributed by atoms with Gasteiger partial charge in [-0.1, -0.05) is 26.0 Å². The summed E-state index contributed by atoms with van der Waals surface area (Å²) in [6.07, 6.45) is 0.630. The van der Waals surface area contributed by atoms with Gasteiger partial charge in [-0.2, -0.15) is 0 Å². The Labute approximate surface area is 163 Å². The minimum Gasteiger partial charge on any atom is -0.481 e. The molecule has 2 atom stereocenters. The summed E-state index contributed by atoms with van der Waals surface area (Å²) in [6.45, 7) is 12.1. The van der Waals surface area contributed by atoms with Crippen molar-refractivity contribution in [3.8, 4) is 5.75 Å². The topological polar surface area (TPSA) is 44.8 Å². The molecular formula is C20H32ClN3O2. The summed E-state index contributed by atoms with van der Waals surface area (Å²) in [7, 11) is 0. The van der Waals surface area contributed by atoms with Gasteiger partial charge in [0.1, 0.15) is 5.75 Å². The second-order valence-electron chi connectivity index (χ2n) is 7.50. The molecule has 0 aromatic heterocycles. The van der Waals surface area contributed by atoms with Crippen LogP contribution < -0.4 is 10.1 Å². The quantitative estimate of drug-likeness (QED) is 0.851. The number of benzene rings is 1. The van der Waals surface area contributed by atoms with Gasteiger partial charge in [0.15, 0.2) is 6.10 Å². The lowest BCUT2D eigenvalue weighted by molar-refractivity contribution is -0.137. The zero-order valence-corrected chi connectivity index (χ0v) is 16.9. The highest BCUT2D eigenvalue weighted by atomic mass is 35.5. The number of piperazine rings is 1. The number of hydrogen-bond acceptors (Lipinski definition) is 4. The third-order valence-corrected chi connectivity index (χ3v) is 5.33. The van der Waals surface area contributed by atoms with Crippen LogP contribution in [0.4, 0.5) is 0 Å². The van der Waals surface area contributed by atoms with Crippen LogP contribution in [0.5, 0.6) is 5.75 Å². The van der Waals surface area contributed by atoms with Gasteiger partial charge < -0.3 is 15.0 Å². The molecule has 146 valence electrons. The monoisotopic (exact) mass is 381 g/mol. The number of nitrogens with one attached hydrogen (secondary N) is 1. The van der Waals surface area contributed by atoms with Gasteiger partial charge >= 0.3 is 0 Å². The molecule has 1 aromatic carbocycles. The van der Waals surface area contributed by atoms with Gasteiger partial charge in [0.2, 0.25) is 0 Å². The summed E-state index contributed by atoms with van der Waals surface area (Å²) in [5, 5.41) is 3.39. The Morgan fingerprint density at radius 1 is 1.19 bits per heavy atom. The molecule has 1 amide bonds. The van der Waals surface area contributed by atoms with Crippen LogP contribution >= 0.6 is 12.4 Å². The Kier molecular flexibility index (Phi) is 7.74. The van der Waals surface area contributed by atoms with Crippen LogP contribution in [0.25, 0.3) is 0 Å². The summed E-state index contributed by atoms with van der Waals surface area (Å²) in [5.74, 6) is 1.34. The normalized spacial score (nSPS) is 22.2. The van der Waals surface area contributed by atoms with Crippen LogP contribution in [0.15, 0.2) is 24.3 Å². The van der Waals surface area contributed by atoms with E-state index < -0.39 is 6.10 Å². The molecule has 2 aliphatic rings. The van der Waals surface area contributed by atoms with E-state index in [-0.39, 0.29) is 18.3 Å². The zero-order chi connectivity index (χ0) is 17.8. The van der Waals surface area contributed by atoms with Gasteiger partial charge in [-0.15, -0.1) is 12.4 Å². The van der Waals surface area contributed by atoms with E-state index in [0.717, 1.165) is 51.4 Å². The average molecular weight is 382 g/mol. The Morgan fingerprint density at radius 3 is 2.62 bits per heavy atom. The predicted molar refractivity (Wildman–Crippen MR) is 107 cm³/mol. The van der Waals surface area contributed by atoms with Gasteiger partial charge in [0, 0.05) is 45.3 Å². The number of nitrogens with zero attached hydrogens (tertiary/aromatic N) is 2. The lowest BCUT2D eigenvalue weighted by atomic mass is 10.0. The van der Waals surface area contributed by atoms with E-state index in [1.165, 1.54) is 5.56 Å². The highest BCUT2D eigenvalue weighted by molar-refractivity contribution is 5.85. The SMILES string of the molecule is CC(Oc1cccc(C(C)C)c1)C(=O)N1CCC(N2CCNCC2)C1.Cl. The molecule has 2 heterocycles. The fraction of sp³-hybridized carbons (Fsp3) is 0.650. The van der Waals surface area contributed by atoms with Crippen molar-refractivity contribution in [2.45, 2.75) is 45.3 Å². The van der Waals surface area contributed by atoms with Gasteiger partial charge in [-0.3, -0.25) is 9.69 Å². The van der Waals surface area contributed by atoms with Crippen LogP contribution in [0.1, 0.15) is 38.7 Å². The van der Waals surface area contributed by atoms with E-state index in [4.69, 9.17) is 4.74 Å². The lowest BCUT2D eigenvalue weighted by Gasteiger charge is -2.32. The molecule has 2 fully saturated rings. The molecule has 0 bridgehead atoms. The smallest absolute Gasteiger partial charge is 0.263 e. The number of amides is 1. The van der Waals surface area contributed by atoms with Crippen molar-refractivity contribution in [2.75, 3.05) is 39.3 Å². The maximum atomic E-state index is 12.8. The molecule has 0 radical (unpaired) electrons. The first-order valence-electron chi connectivity index (χ1n) is 9.55. The van der Waals surface area contributed by atoms with Gasteiger partial charge in [0.25, 0.3) is 5.91 Å². The van der Waals surface area contributed by atoms with Crippen molar-refractivity contribution in [1.82, 2.24) is 15.1 Å². The van der Waals surface area contributed by atoms with E-state index in [0.29, 0.717) is 12.0 Å². The molecule has 5 nitrogen and oxygen atoms in total. The average Bonchev–Trinajstić information content (AvgIpc) is 3.12. The Bertz CT molecular complexity index is 590. The summed E-state index contributed by atoms with van der Waals surface area (Å²) < 4.78 is 5.95. The third-order valence-electron chi connectivity index (χ3n) is 5.33. The first-order chi connectivity index (χ1) is 12.0. The largest absolute Gasteiger partial charge is 0.481 e. The number of likely N-dealkylation sites (tertiary alicyclic amines) is 1. The van der Waals surface area contributed by atoms with Crippen molar-refractivity contribution < 1.29 is 9.53 Å². The highest BCUT2D eigenvalue weighted by Gasteiger charge is 2.33. The Hall–Kier alpha value is -1.30. The number of carbonyl (C=O) groups is 1. The number of carbonyl (C=O) groups excluding carboxylic acids is 1. The van der Waals surface area contributed by atoms with Crippen LogP contribution in [-0.2, 0) is 4.79 Å². The van der Waals surface area contributed by atoms with E-state index in [9.17, 15) is 4.79 Å². The standard InChI is InChI=1S/C20H31N3O2.ClH/c1-15(2)17-5-4-6-19(13-17)25-16(3)20(24)23-10-7-18(14-23)22-11-8-21-9-12-22;/h4-6,13,15-16,18,21H,7-12,14H2,1-3H3;1H. The van der Waals surface area contributed by atoms with Crippen molar-refractivity contribution in [3.63, 3.8) is 0 Å². The van der Waals surface area contributed by atoms with Crippen molar-refractivity contribution in [2.24, 2.45) is 0 Å². The number of halogens is 1. The fourth-order valence-corrected chi connectivity index (χ4v) is 3.75. The number of hydrogen-bond donors (Lipinski definition) is 1. The zero-order valence-electron chi connectivity index (χ0n) is 16.1. The summed E-state index contributed by atoms with van der Waals surface area (Å²) in [4.78, 5) is 17.3. The molecule has 0 spiro atoms. The van der Waals surface area contributed by atoms with Gasteiger partial charge in [0.05, 0.1) is 0 Å². The van der Waals surface area contributed by atoms with Gasteiger partial charge in [-0.25, -0.2) is 0 Å². The first-order valence-corrected chi connectivity index (χ1v) is 9.55. The molecule has 1 N–H and O–H groups in total. The molecule has 0 aliphatic carbocycles. The maximum absolute atomic E-state index is 12.8. The van der Waals surface area contributed by atoms with Crippen molar-refractivity contribution in [1.29, 1.82) is 0 Å². The number of ether oxygens (including phenoxy) is 1. The molecule has 6 heteroatoms. The van der Waals surface area contributed by atoms with Crippen LogP contribution in [-0.4, -0.2) is 67.1 Å². The number of rotatable bonds is 5. The highest BCUT2D eigenvalue weighted by Crippen LogP contribution is 2.22. The van der Waals surface area contributed by atoms with E-state index in [1.807, 2.05) is 30.0 Å². The Balaban J connectivity index is 0.00000243. The second-order valence-corrected chi connectivity index (χ2v) is 7.50. The molecule has 2 saturated heterocycles. The molecule has 1 aromatic rings. The third kappa shape index (κ3) is 5.12. The molecule has 3 rings (SSSR count). The summed E-state index contributed by atoms with van der Waals surface area (Å²) in [6, 6.07) is 8.58. The minimum atomic E-state index is -0.441. The summed E-state index contributed by atoms with van der Waals surface area (Å²) >= 11 is 0. The second kappa shape index (κ2) is 9.58. The first kappa shape index (κ1) is 21.0. The van der Waals surface area contributed by atoms with Crippen LogP contribution in [0.3, 0.4) is 0 Å². The predicted octanol–water partition coefficient (Wildman–Crippen LogP) is 2.51. The van der Waals surface area contributed by atoms with Crippen molar-refractivity contribution in [3.05, 3.63) is 29.8 Å². The maximum Gasteiger partial charge on any atom is 0.263 e. The lowest BCUT2D eigenvalue weighted by Crippen LogP contribution is -2.50. The van der Waals surface area contributed by atoms with E-state index in [1.54, 1.807) is 0 Å². The van der Waals surface area contributed by atoms with Crippen molar-refractivity contribution >= 4 is 18.3 Å². The molecular weight excluding hydrogens is 350 g/mol.